The molecule has 0 bridgehead atoms. The van der Waals surface area contributed by atoms with Crippen molar-refractivity contribution < 1.29 is 4.74 Å². The largest absolute Gasteiger partial charge is 0.495 e. The SMILES string of the molecule is COc1c(Cl)cc(Br)cc1C(C)(C)N. The van der Waals surface area contributed by atoms with Crippen molar-refractivity contribution in [2.75, 3.05) is 7.11 Å². The molecular formula is C10H13BrClNO. The molecule has 0 atom stereocenters. The summed E-state index contributed by atoms with van der Waals surface area (Å²) in [6.07, 6.45) is 0. The maximum absolute atomic E-state index is 6.03. The molecule has 0 amide bonds. The predicted molar refractivity (Wildman–Crippen MR) is 62.9 cm³/mol. The lowest BCUT2D eigenvalue weighted by molar-refractivity contribution is 0.394. The highest BCUT2D eigenvalue weighted by Gasteiger charge is 2.21. The Morgan fingerprint density at radius 1 is 1.43 bits per heavy atom. The minimum Gasteiger partial charge on any atom is -0.495 e. The summed E-state index contributed by atoms with van der Waals surface area (Å²) in [5.41, 5.74) is 6.43. The van der Waals surface area contributed by atoms with Crippen LogP contribution < -0.4 is 10.5 Å². The van der Waals surface area contributed by atoms with Gasteiger partial charge in [0.15, 0.2) is 0 Å². The minimum absolute atomic E-state index is 0.473. The van der Waals surface area contributed by atoms with Gasteiger partial charge in [-0.15, -0.1) is 0 Å². The van der Waals surface area contributed by atoms with Crippen LogP contribution in [0.3, 0.4) is 0 Å². The average molecular weight is 279 g/mol. The fourth-order valence-electron chi connectivity index (χ4n) is 1.25. The Bertz CT molecular complexity index is 347. The number of methoxy groups -OCH3 is 1. The first kappa shape index (κ1) is 11.8. The van der Waals surface area contributed by atoms with Gasteiger partial charge in [0.05, 0.1) is 12.1 Å². The van der Waals surface area contributed by atoms with Crippen LogP contribution in [0.1, 0.15) is 19.4 Å². The van der Waals surface area contributed by atoms with Crippen LogP contribution in [-0.4, -0.2) is 7.11 Å². The Balaban J connectivity index is 3.40. The first-order valence-electron chi connectivity index (χ1n) is 4.18. The predicted octanol–water partition coefficient (Wildman–Crippen LogP) is 3.30. The van der Waals surface area contributed by atoms with Crippen molar-refractivity contribution in [3.05, 3.63) is 27.2 Å². The van der Waals surface area contributed by atoms with E-state index in [0.717, 1.165) is 10.0 Å². The summed E-state index contributed by atoms with van der Waals surface area (Å²) >= 11 is 9.40. The van der Waals surface area contributed by atoms with Gasteiger partial charge in [0.25, 0.3) is 0 Å². The van der Waals surface area contributed by atoms with Gasteiger partial charge in [0.2, 0.25) is 0 Å². The van der Waals surface area contributed by atoms with Crippen molar-refractivity contribution in [1.82, 2.24) is 0 Å². The number of hydrogen-bond acceptors (Lipinski definition) is 2. The number of nitrogens with two attached hydrogens (primary N) is 1. The lowest BCUT2D eigenvalue weighted by Gasteiger charge is -2.23. The van der Waals surface area contributed by atoms with Gasteiger partial charge < -0.3 is 10.5 Å². The van der Waals surface area contributed by atoms with Gasteiger partial charge in [0, 0.05) is 15.6 Å². The molecule has 1 aromatic carbocycles. The molecule has 2 nitrogen and oxygen atoms in total. The van der Waals surface area contributed by atoms with Crippen molar-refractivity contribution >= 4 is 27.5 Å². The highest BCUT2D eigenvalue weighted by molar-refractivity contribution is 9.10. The van der Waals surface area contributed by atoms with E-state index in [-0.39, 0.29) is 0 Å². The minimum atomic E-state index is -0.473. The third-order valence-corrected chi connectivity index (χ3v) is 2.65. The summed E-state index contributed by atoms with van der Waals surface area (Å²) in [4.78, 5) is 0. The van der Waals surface area contributed by atoms with Gasteiger partial charge in [-0.1, -0.05) is 27.5 Å². The van der Waals surface area contributed by atoms with Crippen LogP contribution in [0.4, 0.5) is 0 Å². The Hall–Kier alpha value is -0.250. The van der Waals surface area contributed by atoms with Gasteiger partial charge >= 0.3 is 0 Å². The number of ether oxygens (including phenoxy) is 1. The van der Waals surface area contributed by atoms with Gasteiger partial charge in [-0.05, 0) is 26.0 Å². The maximum Gasteiger partial charge on any atom is 0.142 e. The van der Waals surface area contributed by atoms with Crippen molar-refractivity contribution in [3.63, 3.8) is 0 Å². The number of benzene rings is 1. The molecule has 4 heteroatoms. The van der Waals surface area contributed by atoms with E-state index in [9.17, 15) is 0 Å². The van der Waals surface area contributed by atoms with E-state index in [4.69, 9.17) is 22.1 Å². The first-order valence-corrected chi connectivity index (χ1v) is 5.35. The molecule has 0 aliphatic rings. The Morgan fingerprint density at radius 2 is 2.00 bits per heavy atom. The zero-order chi connectivity index (χ0) is 10.9. The lowest BCUT2D eigenvalue weighted by Crippen LogP contribution is -2.29. The smallest absolute Gasteiger partial charge is 0.142 e. The summed E-state index contributed by atoms with van der Waals surface area (Å²) in [6.45, 7) is 3.82. The fraction of sp³-hybridized carbons (Fsp3) is 0.400. The highest BCUT2D eigenvalue weighted by atomic mass is 79.9. The fourth-order valence-corrected chi connectivity index (χ4v) is 2.13. The molecule has 0 spiro atoms. The quantitative estimate of drug-likeness (QED) is 0.901. The second kappa shape index (κ2) is 4.09. The van der Waals surface area contributed by atoms with Crippen molar-refractivity contribution in [1.29, 1.82) is 0 Å². The van der Waals surface area contributed by atoms with Crippen LogP contribution in [-0.2, 0) is 5.54 Å². The van der Waals surface area contributed by atoms with Crippen LogP contribution in [0.2, 0.25) is 5.02 Å². The Morgan fingerprint density at radius 3 is 2.43 bits per heavy atom. The van der Waals surface area contributed by atoms with E-state index in [2.05, 4.69) is 15.9 Å². The standard InChI is InChI=1S/C10H13BrClNO/c1-10(2,13)7-4-6(11)5-8(12)9(7)14-3/h4-5H,13H2,1-3H3. The molecule has 0 unspecified atom stereocenters. The first-order chi connectivity index (χ1) is 6.36. The molecular weight excluding hydrogens is 265 g/mol. The molecule has 0 fully saturated rings. The normalized spacial score (nSPS) is 11.6. The van der Waals surface area contributed by atoms with Crippen LogP contribution in [0, 0.1) is 0 Å². The third-order valence-electron chi connectivity index (χ3n) is 1.91. The molecule has 0 saturated heterocycles. The second-order valence-electron chi connectivity index (χ2n) is 3.69. The molecule has 0 radical (unpaired) electrons. The molecule has 2 N–H and O–H groups in total. The highest BCUT2D eigenvalue weighted by Crippen LogP contribution is 2.37. The van der Waals surface area contributed by atoms with E-state index in [0.29, 0.717) is 10.8 Å². The van der Waals surface area contributed by atoms with Crippen LogP contribution in [0.5, 0.6) is 5.75 Å². The zero-order valence-electron chi connectivity index (χ0n) is 8.40. The van der Waals surface area contributed by atoms with Gasteiger partial charge in [-0.25, -0.2) is 0 Å². The molecule has 0 aliphatic carbocycles. The van der Waals surface area contributed by atoms with Crippen molar-refractivity contribution in [2.45, 2.75) is 19.4 Å². The van der Waals surface area contributed by atoms with Crippen LogP contribution in [0.25, 0.3) is 0 Å². The number of halogens is 2. The van der Waals surface area contributed by atoms with Crippen LogP contribution in [0.15, 0.2) is 16.6 Å². The summed E-state index contributed by atoms with van der Waals surface area (Å²) in [5.74, 6) is 0.641. The van der Waals surface area contributed by atoms with E-state index >= 15 is 0 Å². The molecule has 0 aromatic heterocycles. The summed E-state index contributed by atoms with van der Waals surface area (Å²) in [6, 6.07) is 3.71. The Labute approximate surface area is 97.5 Å². The van der Waals surface area contributed by atoms with E-state index < -0.39 is 5.54 Å². The number of rotatable bonds is 2. The van der Waals surface area contributed by atoms with Crippen molar-refractivity contribution in [3.8, 4) is 5.75 Å². The van der Waals surface area contributed by atoms with E-state index in [1.165, 1.54) is 0 Å². The zero-order valence-corrected chi connectivity index (χ0v) is 10.7. The second-order valence-corrected chi connectivity index (χ2v) is 5.01. The number of hydrogen-bond donors (Lipinski definition) is 1. The molecule has 1 rings (SSSR count). The van der Waals surface area contributed by atoms with Crippen LogP contribution >= 0.6 is 27.5 Å². The van der Waals surface area contributed by atoms with E-state index in [1.54, 1.807) is 13.2 Å². The molecule has 1 aromatic rings. The molecule has 78 valence electrons. The third kappa shape index (κ3) is 2.41. The van der Waals surface area contributed by atoms with Crippen molar-refractivity contribution in [2.24, 2.45) is 5.73 Å². The summed E-state index contributed by atoms with van der Waals surface area (Å²) in [7, 11) is 1.59. The molecule has 14 heavy (non-hydrogen) atoms. The Kier molecular flexibility index (Phi) is 3.45. The molecule has 0 heterocycles. The summed E-state index contributed by atoms with van der Waals surface area (Å²) in [5, 5.41) is 0.565. The monoisotopic (exact) mass is 277 g/mol. The molecule has 0 aliphatic heterocycles. The average Bonchev–Trinajstić information content (AvgIpc) is 2.01. The summed E-state index contributed by atoms with van der Waals surface area (Å²) < 4.78 is 6.12. The van der Waals surface area contributed by atoms with Gasteiger partial charge in [-0.3, -0.25) is 0 Å². The topological polar surface area (TPSA) is 35.2 Å². The van der Waals surface area contributed by atoms with Gasteiger partial charge in [0.1, 0.15) is 5.75 Å². The maximum atomic E-state index is 6.03. The van der Waals surface area contributed by atoms with Gasteiger partial charge in [-0.2, -0.15) is 0 Å². The molecule has 0 saturated carbocycles. The lowest BCUT2D eigenvalue weighted by atomic mass is 9.95. The van der Waals surface area contributed by atoms with E-state index in [1.807, 2.05) is 19.9 Å².